The maximum absolute atomic E-state index is 10.2. The molecule has 0 unspecified atom stereocenters. The van der Waals surface area contributed by atoms with Crippen molar-refractivity contribution in [3.8, 4) is 0 Å². The third-order valence-electron chi connectivity index (χ3n) is 4.23. The number of aliphatic hydroxyl groups excluding tert-OH is 1. The van der Waals surface area contributed by atoms with Gasteiger partial charge in [-0.3, -0.25) is 0 Å². The molecule has 3 N–H and O–H groups in total. The molecule has 0 aliphatic heterocycles. The minimum Gasteiger partial charge on any atom is -0.385 e. The molecule has 0 amide bonds. The summed E-state index contributed by atoms with van der Waals surface area (Å²) in [7, 11) is 0. The molecule has 0 saturated heterocycles. The maximum Gasteiger partial charge on any atom is 0.126 e. The zero-order valence-corrected chi connectivity index (χ0v) is 14.8. The summed E-state index contributed by atoms with van der Waals surface area (Å²) >= 11 is 0. The van der Waals surface area contributed by atoms with Crippen LogP contribution in [0.5, 0.6) is 0 Å². The summed E-state index contributed by atoms with van der Waals surface area (Å²) in [5, 5.41) is 12.4. The second-order valence-electron chi connectivity index (χ2n) is 6.30. The first kappa shape index (κ1) is 18.7. The quantitative estimate of drug-likeness (QED) is 0.659. The molecule has 2 aromatic carbocycles. The zero-order valence-electron chi connectivity index (χ0n) is 14.8. The van der Waals surface area contributed by atoms with Gasteiger partial charge in [-0.2, -0.15) is 0 Å². The highest BCUT2D eigenvalue weighted by Crippen LogP contribution is 2.28. The molecule has 0 bridgehead atoms. The first-order valence-electron chi connectivity index (χ1n) is 8.94. The molecule has 0 aliphatic carbocycles. The molecule has 2 rings (SSSR count). The number of nitrogens with two attached hydrogens (primary N) is 1. The van der Waals surface area contributed by atoms with Gasteiger partial charge in [0.15, 0.2) is 0 Å². The van der Waals surface area contributed by atoms with Crippen molar-refractivity contribution in [2.24, 2.45) is 0 Å². The van der Waals surface area contributed by atoms with Gasteiger partial charge in [0.2, 0.25) is 0 Å². The second kappa shape index (κ2) is 10.2. The molecular formula is C21H30NO2+. The van der Waals surface area contributed by atoms with Gasteiger partial charge < -0.3 is 15.2 Å². The van der Waals surface area contributed by atoms with Crippen molar-refractivity contribution in [2.75, 3.05) is 19.7 Å². The number of unbranched alkanes of at least 4 members (excludes halogenated alkanes) is 1. The first-order valence-corrected chi connectivity index (χ1v) is 8.94. The molecular weight excluding hydrogens is 298 g/mol. The molecule has 0 heterocycles. The van der Waals surface area contributed by atoms with Crippen molar-refractivity contribution in [1.29, 1.82) is 0 Å². The van der Waals surface area contributed by atoms with Crippen LogP contribution < -0.4 is 5.32 Å². The van der Waals surface area contributed by atoms with Crippen LogP contribution in [0, 0.1) is 6.92 Å². The average molecular weight is 328 g/mol. The molecule has 0 aromatic heterocycles. The van der Waals surface area contributed by atoms with Crippen LogP contribution in [0.25, 0.3) is 0 Å². The Morgan fingerprint density at radius 2 is 1.75 bits per heavy atom. The van der Waals surface area contributed by atoms with Gasteiger partial charge in [-0.05, 0) is 30.0 Å². The van der Waals surface area contributed by atoms with Gasteiger partial charge in [-0.1, -0.05) is 67.9 Å². The summed E-state index contributed by atoms with van der Waals surface area (Å²) in [4.78, 5) is 0. The Kier molecular flexibility index (Phi) is 7.96. The van der Waals surface area contributed by atoms with Gasteiger partial charge in [0.05, 0.1) is 13.2 Å². The Hall–Kier alpha value is -1.68. The van der Waals surface area contributed by atoms with E-state index in [9.17, 15) is 5.11 Å². The fourth-order valence-corrected chi connectivity index (χ4v) is 2.81. The van der Waals surface area contributed by atoms with Gasteiger partial charge >= 0.3 is 0 Å². The number of quaternary nitrogens is 1. The van der Waals surface area contributed by atoms with E-state index in [0.717, 1.165) is 17.7 Å². The molecule has 130 valence electrons. The van der Waals surface area contributed by atoms with Crippen LogP contribution in [-0.2, 0) is 4.74 Å². The lowest BCUT2D eigenvalue weighted by molar-refractivity contribution is -0.661. The number of rotatable bonds is 10. The lowest BCUT2D eigenvalue weighted by atomic mass is 9.97. The maximum atomic E-state index is 10.2. The molecule has 2 atom stereocenters. The van der Waals surface area contributed by atoms with Gasteiger partial charge in [-0.25, -0.2) is 0 Å². The third-order valence-corrected chi connectivity index (χ3v) is 4.23. The van der Waals surface area contributed by atoms with Crippen molar-refractivity contribution >= 4 is 0 Å². The highest BCUT2D eigenvalue weighted by molar-refractivity contribution is 5.35. The fraction of sp³-hybridized carbons (Fsp3) is 0.429. The highest BCUT2D eigenvalue weighted by Gasteiger charge is 2.18. The van der Waals surface area contributed by atoms with Gasteiger partial charge in [-0.15, -0.1) is 0 Å². The largest absolute Gasteiger partial charge is 0.385 e. The number of hydrogen-bond acceptors (Lipinski definition) is 2. The Bertz CT molecular complexity index is 585. The van der Waals surface area contributed by atoms with E-state index in [-0.39, 0.29) is 6.10 Å². The predicted molar refractivity (Wildman–Crippen MR) is 98.0 cm³/mol. The average Bonchev–Trinajstić information content (AvgIpc) is 2.61. The summed E-state index contributed by atoms with van der Waals surface area (Å²) in [6, 6.07) is 18.5. The lowest BCUT2D eigenvalue weighted by Gasteiger charge is -2.22. The molecule has 0 aliphatic rings. The molecule has 0 radical (unpaired) electrons. The van der Waals surface area contributed by atoms with E-state index in [2.05, 4.69) is 43.4 Å². The molecule has 0 saturated carbocycles. The van der Waals surface area contributed by atoms with Gasteiger partial charge in [0, 0.05) is 0 Å². The zero-order chi connectivity index (χ0) is 17.2. The standard InChI is InChI=1S/C21H29NO2/c1-3-4-14-22-15-19(23)16-24-21(18-11-6-5-7-12-18)20-13-9-8-10-17(20)2/h5-13,19,21-23H,3-4,14-16H2,1-2H3/p+1/t19-,21+/m1/s1. The SMILES string of the molecule is CCCC[NH2+]C[C@@H](O)CO[C@@H](c1ccccc1)c1ccccc1C. The number of hydrogen-bond donors (Lipinski definition) is 2. The smallest absolute Gasteiger partial charge is 0.126 e. The van der Waals surface area contributed by atoms with Gasteiger partial charge in [0.25, 0.3) is 0 Å². The fourth-order valence-electron chi connectivity index (χ4n) is 2.81. The number of aryl methyl sites for hydroxylation is 1. The van der Waals surface area contributed by atoms with Crippen molar-refractivity contribution in [3.63, 3.8) is 0 Å². The molecule has 0 fully saturated rings. The minimum atomic E-state index is -0.447. The topological polar surface area (TPSA) is 46.1 Å². The van der Waals surface area contributed by atoms with E-state index in [0.29, 0.717) is 13.2 Å². The lowest BCUT2D eigenvalue weighted by Crippen LogP contribution is -2.86. The van der Waals surface area contributed by atoms with Crippen molar-refractivity contribution < 1.29 is 15.2 Å². The second-order valence-corrected chi connectivity index (χ2v) is 6.30. The molecule has 3 heteroatoms. The third kappa shape index (κ3) is 5.75. The minimum absolute atomic E-state index is 0.141. The summed E-state index contributed by atoms with van der Waals surface area (Å²) in [5.74, 6) is 0. The summed E-state index contributed by atoms with van der Waals surface area (Å²) in [6.45, 7) is 6.38. The van der Waals surface area contributed by atoms with Crippen LogP contribution in [0.15, 0.2) is 54.6 Å². The predicted octanol–water partition coefficient (Wildman–Crippen LogP) is 2.83. The van der Waals surface area contributed by atoms with E-state index in [1.54, 1.807) is 0 Å². The number of ether oxygens (including phenoxy) is 1. The first-order chi connectivity index (χ1) is 11.7. The van der Waals surface area contributed by atoms with E-state index in [4.69, 9.17) is 4.74 Å². The van der Waals surface area contributed by atoms with Crippen LogP contribution >= 0.6 is 0 Å². The number of aliphatic hydroxyl groups is 1. The molecule has 0 spiro atoms. The van der Waals surface area contributed by atoms with E-state index in [1.165, 1.54) is 18.4 Å². The van der Waals surface area contributed by atoms with Gasteiger partial charge in [0.1, 0.15) is 18.8 Å². The Morgan fingerprint density at radius 3 is 2.46 bits per heavy atom. The Balaban J connectivity index is 2.01. The van der Waals surface area contributed by atoms with Crippen LogP contribution in [-0.4, -0.2) is 30.9 Å². The summed E-state index contributed by atoms with van der Waals surface area (Å²) in [5.41, 5.74) is 3.48. The van der Waals surface area contributed by atoms with Crippen molar-refractivity contribution in [2.45, 2.75) is 38.9 Å². The highest BCUT2D eigenvalue weighted by atomic mass is 16.5. The normalized spacial score (nSPS) is 13.6. The van der Waals surface area contributed by atoms with Crippen molar-refractivity contribution in [3.05, 3.63) is 71.3 Å². The summed E-state index contributed by atoms with van der Waals surface area (Å²) < 4.78 is 6.14. The van der Waals surface area contributed by atoms with Crippen molar-refractivity contribution in [1.82, 2.24) is 0 Å². The van der Waals surface area contributed by atoms with Crippen LogP contribution in [0.1, 0.15) is 42.6 Å². The Labute approximate surface area is 145 Å². The Morgan fingerprint density at radius 1 is 1.04 bits per heavy atom. The van der Waals surface area contributed by atoms with E-state index >= 15 is 0 Å². The van der Waals surface area contributed by atoms with E-state index in [1.807, 2.05) is 30.3 Å². The molecule has 2 aromatic rings. The van der Waals surface area contributed by atoms with Crippen LogP contribution in [0.2, 0.25) is 0 Å². The van der Waals surface area contributed by atoms with E-state index < -0.39 is 6.10 Å². The monoisotopic (exact) mass is 328 g/mol. The van der Waals surface area contributed by atoms with Crippen LogP contribution in [0.4, 0.5) is 0 Å². The van der Waals surface area contributed by atoms with Crippen LogP contribution in [0.3, 0.4) is 0 Å². The molecule has 3 nitrogen and oxygen atoms in total. The number of benzene rings is 2. The summed E-state index contributed by atoms with van der Waals surface area (Å²) in [6.07, 6.45) is 1.78. The molecule has 24 heavy (non-hydrogen) atoms.